The van der Waals surface area contributed by atoms with Crippen LogP contribution in [0.1, 0.15) is 5.69 Å². The highest BCUT2D eigenvalue weighted by atomic mass is 32.2. The molecule has 0 saturated heterocycles. The quantitative estimate of drug-likeness (QED) is 0.567. The number of carbonyl (C=O) groups is 1. The van der Waals surface area contributed by atoms with Gasteiger partial charge in [0, 0.05) is 30.8 Å². The van der Waals surface area contributed by atoms with Crippen LogP contribution < -0.4 is 4.72 Å². The molecule has 0 aliphatic carbocycles. The number of nitrogens with one attached hydrogen (secondary N) is 2. The predicted molar refractivity (Wildman–Crippen MR) is 81.4 cm³/mol. The van der Waals surface area contributed by atoms with E-state index in [0.29, 0.717) is 5.69 Å². The predicted octanol–water partition coefficient (Wildman–Crippen LogP) is -0.818. The van der Waals surface area contributed by atoms with Crippen molar-refractivity contribution >= 4 is 25.8 Å². The molecule has 2 rings (SSSR count). The number of nitrogens with zero attached hydrogens (tertiary/aromatic N) is 2. The molecular weight excluding hydrogens is 360 g/mol. The second-order valence-electron chi connectivity index (χ2n) is 4.90. The summed E-state index contributed by atoms with van der Waals surface area (Å²) in [6, 6.07) is 0.653. The second-order valence-corrected chi connectivity index (χ2v) is 8.57. The van der Waals surface area contributed by atoms with E-state index in [-0.39, 0.29) is 16.3 Å². The minimum absolute atomic E-state index is 0.136. The van der Waals surface area contributed by atoms with E-state index < -0.39 is 31.9 Å². The molecule has 3 N–H and O–H groups in total. The van der Waals surface area contributed by atoms with E-state index in [1.807, 2.05) is 4.72 Å². The van der Waals surface area contributed by atoms with Gasteiger partial charge in [-0.3, -0.25) is 4.79 Å². The van der Waals surface area contributed by atoms with Crippen LogP contribution in [0.25, 0.3) is 0 Å². The summed E-state index contributed by atoms with van der Waals surface area (Å²) < 4.78 is 49.2. The minimum atomic E-state index is -4.19. The summed E-state index contributed by atoms with van der Waals surface area (Å²) in [4.78, 5) is 20.9. The van der Waals surface area contributed by atoms with E-state index in [1.165, 1.54) is 12.5 Å². The molecule has 2 aromatic rings. The van der Waals surface area contributed by atoms with Gasteiger partial charge in [0.2, 0.25) is 10.0 Å². The number of hydrogen-bond acceptors (Lipinski definition) is 7. The Morgan fingerprint density at radius 2 is 2.00 bits per heavy atom. The lowest BCUT2D eigenvalue weighted by Crippen LogP contribution is -2.42. The number of aromatic amines is 1. The Kier molecular flexibility index (Phi) is 5.01. The Labute approximate surface area is 137 Å². The first-order valence-electron chi connectivity index (χ1n) is 6.48. The lowest BCUT2D eigenvalue weighted by atomic mass is 10.2. The molecule has 2 heterocycles. The second kappa shape index (κ2) is 6.67. The number of aromatic nitrogens is 3. The van der Waals surface area contributed by atoms with Gasteiger partial charge in [0.1, 0.15) is 10.9 Å². The van der Waals surface area contributed by atoms with E-state index in [4.69, 9.17) is 0 Å². The van der Waals surface area contributed by atoms with E-state index in [0.717, 1.165) is 24.6 Å². The molecule has 1 atom stereocenters. The van der Waals surface area contributed by atoms with Crippen molar-refractivity contribution in [3.8, 4) is 0 Å². The van der Waals surface area contributed by atoms with Crippen LogP contribution in [-0.2, 0) is 31.1 Å². The van der Waals surface area contributed by atoms with Crippen LogP contribution in [0, 0.1) is 0 Å². The Hall–Kier alpha value is -2.31. The molecule has 2 aromatic heterocycles. The zero-order valence-corrected chi connectivity index (χ0v) is 14.0. The summed E-state index contributed by atoms with van der Waals surface area (Å²) in [7, 11) is -7.76. The summed E-state index contributed by atoms with van der Waals surface area (Å²) in [6.45, 7) is 0. The maximum atomic E-state index is 12.2. The van der Waals surface area contributed by atoms with Gasteiger partial charge in [0.15, 0.2) is 14.9 Å². The first kappa shape index (κ1) is 18.0. The third-order valence-corrected chi connectivity index (χ3v) is 5.43. The van der Waals surface area contributed by atoms with Gasteiger partial charge in [-0.25, -0.2) is 26.8 Å². The fraction of sp³-hybridized carbons (Fsp3) is 0.250. The maximum Gasteiger partial charge on any atom is 0.322 e. The molecule has 12 heteroatoms. The smallest absolute Gasteiger partial charge is 0.322 e. The molecule has 0 bridgehead atoms. The van der Waals surface area contributed by atoms with Gasteiger partial charge in [-0.2, -0.15) is 4.72 Å². The molecule has 0 radical (unpaired) electrons. The number of pyridine rings is 1. The molecule has 0 aliphatic heterocycles. The van der Waals surface area contributed by atoms with Gasteiger partial charge in [-0.05, 0) is 12.1 Å². The Balaban J connectivity index is 2.23. The number of carboxylic acids is 1. The number of carboxylic acid groups (broad SMARTS) is 1. The van der Waals surface area contributed by atoms with Gasteiger partial charge >= 0.3 is 5.97 Å². The van der Waals surface area contributed by atoms with Crippen molar-refractivity contribution in [1.82, 2.24) is 19.7 Å². The number of aliphatic carboxylic acids is 1. The van der Waals surface area contributed by atoms with E-state index in [9.17, 15) is 26.7 Å². The van der Waals surface area contributed by atoms with Gasteiger partial charge in [-0.15, -0.1) is 0 Å². The highest BCUT2D eigenvalue weighted by molar-refractivity contribution is 7.90. The van der Waals surface area contributed by atoms with Crippen LogP contribution in [0.15, 0.2) is 40.8 Å². The highest BCUT2D eigenvalue weighted by Crippen LogP contribution is 2.12. The average Bonchev–Trinajstić information content (AvgIpc) is 2.98. The fourth-order valence-electron chi connectivity index (χ4n) is 1.80. The third kappa shape index (κ3) is 4.37. The fourth-order valence-corrected chi connectivity index (χ4v) is 3.49. The van der Waals surface area contributed by atoms with Crippen molar-refractivity contribution in [3.05, 3.63) is 36.5 Å². The van der Waals surface area contributed by atoms with E-state index in [2.05, 4.69) is 15.0 Å². The normalized spacial score (nSPS) is 13.5. The molecule has 0 aromatic carbocycles. The van der Waals surface area contributed by atoms with Crippen LogP contribution in [0.3, 0.4) is 0 Å². The van der Waals surface area contributed by atoms with E-state index >= 15 is 0 Å². The summed E-state index contributed by atoms with van der Waals surface area (Å²) in [5, 5.41) is 8.89. The molecule has 0 fully saturated rings. The Morgan fingerprint density at radius 3 is 2.46 bits per heavy atom. The molecule has 10 nitrogen and oxygen atoms in total. The highest BCUT2D eigenvalue weighted by Gasteiger charge is 2.26. The number of rotatable bonds is 7. The van der Waals surface area contributed by atoms with E-state index in [1.54, 1.807) is 0 Å². The molecule has 0 spiro atoms. The van der Waals surface area contributed by atoms with Crippen molar-refractivity contribution in [2.75, 3.05) is 6.26 Å². The first-order valence-corrected chi connectivity index (χ1v) is 9.85. The third-order valence-electron chi connectivity index (χ3n) is 2.97. The van der Waals surface area contributed by atoms with Gasteiger partial charge in [0.25, 0.3) is 0 Å². The molecular formula is C12H14N4O6S2. The zero-order valence-electron chi connectivity index (χ0n) is 12.4. The zero-order chi connectivity index (χ0) is 18.0. The van der Waals surface area contributed by atoms with Crippen LogP contribution in [0.4, 0.5) is 0 Å². The topological polar surface area (TPSA) is 159 Å². The van der Waals surface area contributed by atoms with Crippen LogP contribution in [0.2, 0.25) is 0 Å². The number of imidazole rings is 1. The van der Waals surface area contributed by atoms with Crippen molar-refractivity contribution in [2.24, 2.45) is 0 Å². The maximum absolute atomic E-state index is 12.2. The van der Waals surface area contributed by atoms with Crippen molar-refractivity contribution in [1.29, 1.82) is 0 Å². The number of hydrogen-bond donors (Lipinski definition) is 3. The number of sulfone groups is 1. The largest absolute Gasteiger partial charge is 0.480 e. The SMILES string of the molecule is CS(=O)(=O)c1ccc(S(=O)(=O)N[C@H](Cc2cnc[nH]2)C(=O)O)cn1. The lowest BCUT2D eigenvalue weighted by Gasteiger charge is -2.14. The summed E-state index contributed by atoms with van der Waals surface area (Å²) in [5.41, 5.74) is 0.440. The summed E-state index contributed by atoms with van der Waals surface area (Å²) in [6.07, 6.45) is 4.38. The van der Waals surface area contributed by atoms with Crippen molar-refractivity contribution in [3.63, 3.8) is 0 Å². The molecule has 24 heavy (non-hydrogen) atoms. The van der Waals surface area contributed by atoms with Crippen LogP contribution in [-0.4, -0.2) is 55.2 Å². The minimum Gasteiger partial charge on any atom is -0.480 e. The van der Waals surface area contributed by atoms with Gasteiger partial charge in [0.05, 0.1) is 6.33 Å². The van der Waals surface area contributed by atoms with Crippen molar-refractivity contribution < 1.29 is 26.7 Å². The Morgan fingerprint density at radius 1 is 1.29 bits per heavy atom. The summed E-state index contributed by atoms with van der Waals surface area (Å²) >= 11 is 0. The van der Waals surface area contributed by atoms with Gasteiger partial charge < -0.3 is 10.1 Å². The number of H-pyrrole nitrogens is 1. The van der Waals surface area contributed by atoms with Crippen LogP contribution >= 0.6 is 0 Å². The monoisotopic (exact) mass is 374 g/mol. The molecule has 130 valence electrons. The molecule has 0 unspecified atom stereocenters. The Bertz CT molecular complexity index is 920. The number of sulfonamides is 1. The molecule has 0 saturated carbocycles. The lowest BCUT2D eigenvalue weighted by molar-refractivity contribution is -0.138. The van der Waals surface area contributed by atoms with Crippen LogP contribution in [0.5, 0.6) is 0 Å². The summed E-state index contributed by atoms with van der Waals surface area (Å²) in [5.74, 6) is -1.37. The first-order chi connectivity index (χ1) is 11.1. The molecule has 0 amide bonds. The average molecular weight is 374 g/mol. The molecule has 0 aliphatic rings. The van der Waals surface area contributed by atoms with Gasteiger partial charge in [-0.1, -0.05) is 0 Å². The standard InChI is InChI=1S/C12H14N4O6S2/c1-23(19,20)11-3-2-9(6-14-11)24(21,22)16-10(12(17)18)4-8-5-13-7-15-8/h2-3,5-7,10,16H,4H2,1H3,(H,13,15)(H,17,18)/t10-/m1/s1. The van der Waals surface area contributed by atoms with Crippen molar-refractivity contribution in [2.45, 2.75) is 22.4 Å².